The SMILES string of the molecule is O=C(CCc1cccnc1)N1CCCN1C(=O)Cc1ccc2c(c1)OCO2. The van der Waals surface area contributed by atoms with Crippen LogP contribution in [0.1, 0.15) is 24.0 Å². The zero-order valence-electron chi connectivity index (χ0n) is 15.0. The topological polar surface area (TPSA) is 72.0 Å². The number of rotatable bonds is 5. The van der Waals surface area contributed by atoms with Gasteiger partial charge in [-0.25, -0.2) is 0 Å². The van der Waals surface area contributed by atoms with Crippen molar-refractivity contribution in [1.82, 2.24) is 15.0 Å². The third-order valence-corrected chi connectivity index (χ3v) is 4.75. The maximum absolute atomic E-state index is 12.8. The number of carbonyl (C=O) groups excluding carboxylic acids is 2. The Labute approximate surface area is 157 Å². The normalized spacial score (nSPS) is 15.3. The predicted molar refractivity (Wildman–Crippen MR) is 96.9 cm³/mol. The molecule has 0 bridgehead atoms. The van der Waals surface area contributed by atoms with Crippen molar-refractivity contribution in [3.05, 3.63) is 53.9 Å². The predicted octanol–water partition coefficient (Wildman–Crippen LogP) is 1.96. The van der Waals surface area contributed by atoms with Crippen molar-refractivity contribution in [3.8, 4) is 11.5 Å². The first kappa shape index (κ1) is 17.3. The molecule has 3 heterocycles. The summed E-state index contributed by atoms with van der Waals surface area (Å²) >= 11 is 0. The van der Waals surface area contributed by atoms with Crippen LogP contribution in [0.4, 0.5) is 0 Å². The Bertz CT molecular complexity index is 840. The van der Waals surface area contributed by atoms with Crippen LogP contribution < -0.4 is 9.47 Å². The molecule has 4 rings (SSSR count). The minimum atomic E-state index is -0.0823. The Morgan fingerprint density at radius 1 is 1.00 bits per heavy atom. The van der Waals surface area contributed by atoms with E-state index in [0.717, 1.165) is 17.5 Å². The van der Waals surface area contributed by atoms with E-state index >= 15 is 0 Å². The van der Waals surface area contributed by atoms with E-state index in [0.29, 0.717) is 37.4 Å². The Morgan fingerprint density at radius 2 is 1.81 bits per heavy atom. The third-order valence-electron chi connectivity index (χ3n) is 4.75. The third kappa shape index (κ3) is 3.86. The lowest BCUT2D eigenvalue weighted by atomic mass is 10.1. The number of fused-ring (bicyclic) bond motifs is 1. The first-order valence-corrected chi connectivity index (χ1v) is 9.09. The number of hydrazine groups is 1. The molecule has 2 aliphatic rings. The summed E-state index contributed by atoms with van der Waals surface area (Å²) in [6.07, 6.45) is 5.48. The zero-order valence-corrected chi connectivity index (χ0v) is 15.0. The van der Waals surface area contributed by atoms with Crippen LogP contribution in [0.2, 0.25) is 0 Å². The van der Waals surface area contributed by atoms with E-state index in [4.69, 9.17) is 9.47 Å². The number of hydrogen-bond acceptors (Lipinski definition) is 5. The van der Waals surface area contributed by atoms with Crippen LogP contribution in [-0.4, -0.2) is 46.7 Å². The second kappa shape index (κ2) is 7.65. The lowest BCUT2D eigenvalue weighted by Gasteiger charge is -2.28. The smallest absolute Gasteiger partial charge is 0.245 e. The van der Waals surface area contributed by atoms with Gasteiger partial charge in [0.15, 0.2) is 11.5 Å². The van der Waals surface area contributed by atoms with Crippen LogP contribution >= 0.6 is 0 Å². The molecule has 1 aromatic heterocycles. The van der Waals surface area contributed by atoms with E-state index < -0.39 is 0 Å². The maximum Gasteiger partial charge on any atom is 0.245 e. The summed E-state index contributed by atoms with van der Waals surface area (Å²) in [5.74, 6) is 1.24. The molecule has 0 atom stereocenters. The number of benzene rings is 1. The molecule has 2 aromatic rings. The monoisotopic (exact) mass is 367 g/mol. The molecule has 7 nitrogen and oxygen atoms in total. The highest BCUT2D eigenvalue weighted by atomic mass is 16.7. The van der Waals surface area contributed by atoms with Gasteiger partial charge in [0.1, 0.15) is 0 Å². The number of carbonyl (C=O) groups is 2. The van der Waals surface area contributed by atoms with Gasteiger partial charge >= 0.3 is 0 Å². The second-order valence-corrected chi connectivity index (χ2v) is 6.61. The van der Waals surface area contributed by atoms with Crippen molar-refractivity contribution in [2.24, 2.45) is 0 Å². The molecular weight excluding hydrogens is 346 g/mol. The highest BCUT2D eigenvalue weighted by molar-refractivity contribution is 5.84. The van der Waals surface area contributed by atoms with Crippen LogP contribution in [0.25, 0.3) is 0 Å². The van der Waals surface area contributed by atoms with Gasteiger partial charge in [0.05, 0.1) is 6.42 Å². The lowest BCUT2D eigenvalue weighted by Crippen LogP contribution is -2.45. The summed E-state index contributed by atoms with van der Waals surface area (Å²) in [5, 5.41) is 3.17. The molecule has 0 unspecified atom stereocenters. The van der Waals surface area contributed by atoms with Gasteiger partial charge < -0.3 is 9.47 Å². The average Bonchev–Trinajstić information content (AvgIpc) is 3.36. The van der Waals surface area contributed by atoms with Crippen LogP contribution in [0.15, 0.2) is 42.7 Å². The molecular formula is C20H21N3O4. The van der Waals surface area contributed by atoms with Gasteiger partial charge in [-0.05, 0) is 42.2 Å². The summed E-state index contributed by atoms with van der Waals surface area (Å²) in [6, 6.07) is 9.30. The van der Waals surface area contributed by atoms with Crippen molar-refractivity contribution >= 4 is 11.8 Å². The molecule has 0 aliphatic carbocycles. The molecule has 0 saturated carbocycles. The first-order valence-electron chi connectivity index (χ1n) is 9.09. The minimum Gasteiger partial charge on any atom is -0.454 e. The van der Waals surface area contributed by atoms with Crippen LogP contribution in [0.3, 0.4) is 0 Å². The lowest BCUT2D eigenvalue weighted by molar-refractivity contribution is -0.157. The van der Waals surface area contributed by atoms with E-state index in [2.05, 4.69) is 4.98 Å². The second-order valence-electron chi connectivity index (χ2n) is 6.61. The molecule has 0 radical (unpaired) electrons. The van der Waals surface area contributed by atoms with E-state index in [9.17, 15) is 9.59 Å². The minimum absolute atomic E-state index is 0.0320. The molecule has 1 saturated heterocycles. The summed E-state index contributed by atoms with van der Waals surface area (Å²) < 4.78 is 10.7. The molecule has 2 aliphatic heterocycles. The number of ether oxygens (including phenoxy) is 2. The van der Waals surface area contributed by atoms with Gasteiger partial charge in [0.2, 0.25) is 18.6 Å². The largest absolute Gasteiger partial charge is 0.454 e. The van der Waals surface area contributed by atoms with Gasteiger partial charge in [-0.3, -0.25) is 24.6 Å². The number of aryl methyl sites for hydroxylation is 1. The van der Waals surface area contributed by atoms with Gasteiger partial charge in [0, 0.05) is 31.9 Å². The number of aromatic nitrogens is 1. The van der Waals surface area contributed by atoms with E-state index in [-0.39, 0.29) is 25.0 Å². The molecule has 140 valence electrons. The highest BCUT2D eigenvalue weighted by Gasteiger charge is 2.30. The Balaban J connectivity index is 1.37. The standard InChI is InChI=1S/C20H21N3O4/c24-19(7-5-15-3-1-8-21-13-15)22-9-2-10-23(22)20(25)12-16-4-6-17-18(11-16)27-14-26-17/h1,3-4,6,8,11,13H,2,5,7,9-10,12,14H2. The summed E-state index contributed by atoms with van der Waals surface area (Å²) in [7, 11) is 0. The maximum atomic E-state index is 12.8. The molecule has 0 N–H and O–H groups in total. The first-order chi connectivity index (χ1) is 13.2. The van der Waals surface area contributed by atoms with Crippen molar-refractivity contribution in [3.63, 3.8) is 0 Å². The Morgan fingerprint density at radius 3 is 2.63 bits per heavy atom. The Kier molecular flexibility index (Phi) is 4.91. The molecule has 1 aromatic carbocycles. The fraction of sp³-hybridized carbons (Fsp3) is 0.350. The van der Waals surface area contributed by atoms with E-state index in [1.807, 2.05) is 30.3 Å². The molecule has 2 amide bonds. The quantitative estimate of drug-likeness (QED) is 0.808. The van der Waals surface area contributed by atoms with E-state index in [1.54, 1.807) is 22.4 Å². The molecule has 1 fully saturated rings. The number of pyridine rings is 1. The van der Waals surface area contributed by atoms with Crippen molar-refractivity contribution < 1.29 is 19.1 Å². The highest BCUT2D eigenvalue weighted by Crippen LogP contribution is 2.32. The molecule has 7 heteroatoms. The molecule has 0 spiro atoms. The number of amides is 2. The van der Waals surface area contributed by atoms with Gasteiger partial charge in [-0.1, -0.05) is 12.1 Å². The fourth-order valence-electron chi connectivity index (χ4n) is 3.37. The van der Waals surface area contributed by atoms with Crippen LogP contribution in [-0.2, 0) is 22.4 Å². The van der Waals surface area contributed by atoms with Gasteiger partial charge in [-0.15, -0.1) is 0 Å². The summed E-state index contributed by atoms with van der Waals surface area (Å²) in [5.41, 5.74) is 1.86. The average molecular weight is 367 g/mol. The van der Waals surface area contributed by atoms with E-state index in [1.165, 1.54) is 0 Å². The Hall–Kier alpha value is -3.09. The molecule has 27 heavy (non-hydrogen) atoms. The fourth-order valence-corrected chi connectivity index (χ4v) is 3.37. The summed E-state index contributed by atoms with van der Waals surface area (Å²) in [4.78, 5) is 29.4. The van der Waals surface area contributed by atoms with Gasteiger partial charge in [0.25, 0.3) is 0 Å². The number of nitrogens with zero attached hydrogens (tertiary/aromatic N) is 3. The van der Waals surface area contributed by atoms with Crippen molar-refractivity contribution in [2.75, 3.05) is 19.9 Å². The zero-order chi connectivity index (χ0) is 18.6. The van der Waals surface area contributed by atoms with Crippen LogP contribution in [0, 0.1) is 0 Å². The summed E-state index contributed by atoms with van der Waals surface area (Å²) in [6.45, 7) is 1.36. The number of hydrogen-bond donors (Lipinski definition) is 0. The van der Waals surface area contributed by atoms with Crippen molar-refractivity contribution in [2.45, 2.75) is 25.7 Å². The van der Waals surface area contributed by atoms with Crippen molar-refractivity contribution in [1.29, 1.82) is 0 Å². The van der Waals surface area contributed by atoms with Crippen LogP contribution in [0.5, 0.6) is 11.5 Å². The van der Waals surface area contributed by atoms with Gasteiger partial charge in [-0.2, -0.15) is 0 Å².